The van der Waals surface area contributed by atoms with Crippen LogP contribution in [0.25, 0.3) is 11.0 Å². The highest BCUT2D eigenvalue weighted by Gasteiger charge is 2.32. The first-order chi connectivity index (χ1) is 11.0. The number of hydrogen-bond acceptors (Lipinski definition) is 3. The van der Waals surface area contributed by atoms with Crippen LogP contribution in [0.5, 0.6) is 0 Å². The highest BCUT2D eigenvalue weighted by atomic mass is 16.2. The Morgan fingerprint density at radius 1 is 1.35 bits per heavy atom. The smallest absolute Gasteiger partial charge is 0.319 e. The SMILES string of the molecule is C[C@@H]1CCN(C(=O)N(C)C)C[C@@H]1N(C)c1ccnc2[nH]ccc12. The molecule has 1 N–H and O–H groups in total. The predicted octanol–water partition coefficient (Wildman–Crippen LogP) is 2.39. The Bertz CT molecular complexity index is 695. The number of amides is 2. The number of likely N-dealkylation sites (tertiary alicyclic amines) is 1. The van der Waals surface area contributed by atoms with Crippen LogP contribution < -0.4 is 4.90 Å². The fourth-order valence-corrected chi connectivity index (χ4v) is 3.44. The zero-order chi connectivity index (χ0) is 16.6. The summed E-state index contributed by atoms with van der Waals surface area (Å²) in [7, 11) is 5.74. The first kappa shape index (κ1) is 15.6. The molecule has 0 bridgehead atoms. The van der Waals surface area contributed by atoms with E-state index in [-0.39, 0.29) is 6.03 Å². The molecule has 2 aromatic heterocycles. The lowest BCUT2D eigenvalue weighted by Crippen LogP contribution is -2.54. The van der Waals surface area contributed by atoms with Crippen molar-refractivity contribution in [2.75, 3.05) is 39.1 Å². The van der Waals surface area contributed by atoms with Gasteiger partial charge in [0.2, 0.25) is 0 Å². The molecular weight excluding hydrogens is 290 g/mol. The molecule has 1 aliphatic rings. The van der Waals surface area contributed by atoms with Crippen molar-refractivity contribution in [2.45, 2.75) is 19.4 Å². The molecule has 1 fully saturated rings. The fraction of sp³-hybridized carbons (Fsp3) is 0.529. The average molecular weight is 315 g/mol. The van der Waals surface area contributed by atoms with Gasteiger partial charge in [0.05, 0.1) is 0 Å². The van der Waals surface area contributed by atoms with E-state index in [4.69, 9.17) is 0 Å². The van der Waals surface area contributed by atoms with Crippen molar-refractivity contribution in [1.82, 2.24) is 19.8 Å². The maximum Gasteiger partial charge on any atom is 0.319 e. The molecule has 6 nitrogen and oxygen atoms in total. The molecule has 3 heterocycles. The zero-order valence-corrected chi connectivity index (χ0v) is 14.3. The Morgan fingerprint density at radius 2 is 2.13 bits per heavy atom. The summed E-state index contributed by atoms with van der Waals surface area (Å²) in [4.78, 5) is 25.7. The van der Waals surface area contributed by atoms with E-state index in [9.17, 15) is 4.79 Å². The van der Waals surface area contributed by atoms with Gasteiger partial charge >= 0.3 is 6.03 Å². The van der Waals surface area contributed by atoms with Gasteiger partial charge in [-0.3, -0.25) is 0 Å². The fourth-order valence-electron chi connectivity index (χ4n) is 3.44. The van der Waals surface area contributed by atoms with Crippen LogP contribution >= 0.6 is 0 Å². The summed E-state index contributed by atoms with van der Waals surface area (Å²) in [5, 5.41) is 1.12. The third-order valence-corrected chi connectivity index (χ3v) is 4.89. The van der Waals surface area contributed by atoms with Crippen LogP contribution in [0.2, 0.25) is 0 Å². The maximum atomic E-state index is 12.3. The standard InChI is InChI=1S/C17H25N5O/c1-12-7-10-22(17(23)20(2)3)11-15(12)21(4)14-6-9-19-16-13(14)5-8-18-16/h5-6,8-9,12,15H,7,10-11H2,1-4H3,(H,18,19)/t12-,15+/m1/s1. The van der Waals surface area contributed by atoms with Gasteiger partial charge in [-0.1, -0.05) is 6.92 Å². The number of hydrogen-bond donors (Lipinski definition) is 1. The number of carbonyl (C=O) groups is 1. The maximum absolute atomic E-state index is 12.3. The van der Waals surface area contributed by atoms with Crippen LogP contribution in [-0.2, 0) is 0 Å². The van der Waals surface area contributed by atoms with Crippen LogP contribution in [0.4, 0.5) is 10.5 Å². The molecule has 2 atom stereocenters. The van der Waals surface area contributed by atoms with Crippen molar-refractivity contribution in [1.29, 1.82) is 0 Å². The van der Waals surface area contributed by atoms with Crippen LogP contribution in [0, 0.1) is 5.92 Å². The molecule has 0 aliphatic carbocycles. The van der Waals surface area contributed by atoms with E-state index in [2.05, 4.69) is 41.0 Å². The molecule has 2 aromatic rings. The van der Waals surface area contributed by atoms with Crippen LogP contribution in [0.15, 0.2) is 24.5 Å². The summed E-state index contributed by atoms with van der Waals surface area (Å²) >= 11 is 0. The number of pyridine rings is 1. The van der Waals surface area contributed by atoms with E-state index < -0.39 is 0 Å². The highest BCUT2D eigenvalue weighted by Crippen LogP contribution is 2.30. The Hall–Kier alpha value is -2.24. The van der Waals surface area contributed by atoms with Gasteiger partial charge in [-0.25, -0.2) is 9.78 Å². The van der Waals surface area contributed by atoms with Crippen LogP contribution in [0.3, 0.4) is 0 Å². The number of anilines is 1. The minimum Gasteiger partial charge on any atom is -0.369 e. The predicted molar refractivity (Wildman–Crippen MR) is 92.7 cm³/mol. The summed E-state index contributed by atoms with van der Waals surface area (Å²) < 4.78 is 0. The van der Waals surface area contributed by atoms with Gasteiger partial charge in [0.15, 0.2) is 0 Å². The van der Waals surface area contributed by atoms with E-state index in [0.717, 1.165) is 36.2 Å². The van der Waals surface area contributed by atoms with Crippen molar-refractivity contribution in [3.63, 3.8) is 0 Å². The third kappa shape index (κ3) is 2.85. The van der Waals surface area contributed by atoms with Crippen LogP contribution in [0.1, 0.15) is 13.3 Å². The van der Waals surface area contributed by atoms with Crippen molar-refractivity contribution in [3.05, 3.63) is 24.5 Å². The van der Waals surface area contributed by atoms with E-state index in [1.165, 1.54) is 0 Å². The number of urea groups is 1. The molecule has 0 saturated carbocycles. The molecule has 0 spiro atoms. The van der Waals surface area contributed by atoms with Gasteiger partial charge in [-0.15, -0.1) is 0 Å². The number of carbonyl (C=O) groups excluding carboxylic acids is 1. The van der Waals surface area contributed by atoms with Crippen molar-refractivity contribution < 1.29 is 4.79 Å². The molecule has 1 aliphatic heterocycles. The molecule has 23 heavy (non-hydrogen) atoms. The summed E-state index contributed by atoms with van der Waals surface area (Å²) in [6.07, 6.45) is 4.78. The Morgan fingerprint density at radius 3 is 2.87 bits per heavy atom. The second-order valence-electron chi connectivity index (χ2n) is 6.64. The van der Waals surface area contributed by atoms with E-state index in [0.29, 0.717) is 12.0 Å². The molecule has 0 radical (unpaired) electrons. The average Bonchev–Trinajstić information content (AvgIpc) is 3.02. The summed E-state index contributed by atoms with van der Waals surface area (Å²) in [6.45, 7) is 3.86. The number of nitrogens with zero attached hydrogens (tertiary/aromatic N) is 4. The van der Waals surface area contributed by atoms with Gasteiger partial charge in [0.1, 0.15) is 5.65 Å². The quantitative estimate of drug-likeness (QED) is 0.926. The minimum absolute atomic E-state index is 0.0943. The first-order valence-corrected chi connectivity index (χ1v) is 8.10. The number of aromatic nitrogens is 2. The Labute approximate surface area is 137 Å². The van der Waals surface area contributed by atoms with Crippen LogP contribution in [-0.4, -0.2) is 66.1 Å². The number of aromatic amines is 1. The van der Waals surface area contributed by atoms with Gasteiger partial charge in [-0.2, -0.15) is 0 Å². The second-order valence-corrected chi connectivity index (χ2v) is 6.64. The van der Waals surface area contributed by atoms with Gasteiger partial charge in [0.25, 0.3) is 0 Å². The van der Waals surface area contributed by atoms with Gasteiger partial charge in [-0.05, 0) is 24.5 Å². The molecule has 3 rings (SSSR count). The van der Waals surface area contributed by atoms with E-state index in [1.807, 2.05) is 31.4 Å². The lowest BCUT2D eigenvalue weighted by molar-refractivity contribution is 0.140. The molecule has 6 heteroatoms. The molecule has 0 aromatic carbocycles. The normalized spacial score (nSPS) is 21.5. The number of rotatable bonds is 2. The monoisotopic (exact) mass is 315 g/mol. The summed E-state index contributed by atoms with van der Waals surface area (Å²) in [6, 6.07) is 4.50. The van der Waals surface area contributed by atoms with E-state index in [1.54, 1.807) is 4.90 Å². The minimum atomic E-state index is 0.0943. The highest BCUT2D eigenvalue weighted by molar-refractivity contribution is 5.89. The lowest BCUT2D eigenvalue weighted by Gasteiger charge is -2.43. The Kier molecular flexibility index (Phi) is 4.15. The number of fused-ring (bicyclic) bond motifs is 1. The second kappa shape index (κ2) is 6.10. The number of likely N-dealkylation sites (N-methyl/N-ethyl adjacent to an activating group) is 1. The van der Waals surface area contributed by atoms with Crippen molar-refractivity contribution in [2.24, 2.45) is 5.92 Å². The Balaban J connectivity index is 1.86. The lowest BCUT2D eigenvalue weighted by atomic mass is 9.92. The summed E-state index contributed by atoms with van der Waals surface area (Å²) in [5.74, 6) is 0.536. The molecule has 2 amide bonds. The molecular formula is C17H25N5O. The summed E-state index contributed by atoms with van der Waals surface area (Å²) in [5.41, 5.74) is 2.06. The number of H-pyrrole nitrogens is 1. The first-order valence-electron chi connectivity index (χ1n) is 8.10. The van der Waals surface area contributed by atoms with Gasteiger partial charge < -0.3 is 19.7 Å². The largest absolute Gasteiger partial charge is 0.369 e. The molecule has 0 unspecified atom stereocenters. The van der Waals surface area contributed by atoms with Crippen molar-refractivity contribution in [3.8, 4) is 0 Å². The van der Waals surface area contributed by atoms with E-state index >= 15 is 0 Å². The number of nitrogens with one attached hydrogen (secondary N) is 1. The zero-order valence-electron chi connectivity index (χ0n) is 14.3. The molecule has 1 saturated heterocycles. The van der Waals surface area contributed by atoms with Gasteiger partial charge in [0, 0.05) is 63.7 Å². The third-order valence-electron chi connectivity index (χ3n) is 4.89. The van der Waals surface area contributed by atoms with Crippen molar-refractivity contribution >= 4 is 22.8 Å². The topological polar surface area (TPSA) is 55.5 Å². The number of piperidine rings is 1. The molecule has 124 valence electrons.